The van der Waals surface area contributed by atoms with Gasteiger partial charge in [0, 0.05) is 13.1 Å². The van der Waals surface area contributed by atoms with Crippen molar-refractivity contribution in [1.29, 1.82) is 0 Å². The Morgan fingerprint density at radius 2 is 2.12 bits per heavy atom. The number of hydrogen-bond donors (Lipinski definition) is 2. The second kappa shape index (κ2) is 8.40. The van der Waals surface area contributed by atoms with Gasteiger partial charge in [-0.3, -0.25) is 4.79 Å². The number of ether oxygens (including phenoxy) is 2. The fraction of sp³-hybridized carbons (Fsp3) is 0.333. The van der Waals surface area contributed by atoms with Crippen molar-refractivity contribution >= 4 is 29.7 Å². The average molecular weight is 363 g/mol. The summed E-state index contributed by atoms with van der Waals surface area (Å²) >= 11 is 1.04. The molecule has 132 valence electrons. The van der Waals surface area contributed by atoms with Gasteiger partial charge in [-0.25, -0.2) is 5.43 Å². The summed E-state index contributed by atoms with van der Waals surface area (Å²) in [7, 11) is 0. The lowest BCUT2D eigenvalue weighted by atomic mass is 10.2. The van der Waals surface area contributed by atoms with Crippen molar-refractivity contribution in [3.8, 4) is 11.6 Å². The third kappa shape index (κ3) is 4.88. The Morgan fingerprint density at radius 1 is 1.36 bits per heavy atom. The predicted octanol–water partition coefficient (Wildman–Crippen LogP) is 0.609. The van der Waals surface area contributed by atoms with E-state index in [0.29, 0.717) is 38.0 Å². The van der Waals surface area contributed by atoms with Crippen LogP contribution in [0.4, 0.5) is 5.82 Å². The average Bonchev–Trinajstić information content (AvgIpc) is 3.11. The minimum atomic E-state index is -0.407. The number of anilines is 1. The summed E-state index contributed by atoms with van der Waals surface area (Å²) in [6.45, 7) is 2.47. The highest BCUT2D eigenvalue weighted by atomic mass is 32.1. The number of aromatic nitrogens is 2. The maximum atomic E-state index is 11.8. The summed E-state index contributed by atoms with van der Waals surface area (Å²) in [6, 6.07) is 6.43. The number of rotatable bonds is 6. The molecule has 2 heterocycles. The number of phenols is 1. The second-order valence-corrected chi connectivity index (χ2v) is 5.69. The number of hydrazone groups is 1. The second-order valence-electron chi connectivity index (χ2n) is 5.17. The first-order chi connectivity index (χ1) is 12.2. The van der Waals surface area contributed by atoms with Crippen LogP contribution in [-0.4, -0.2) is 58.9 Å². The van der Waals surface area contributed by atoms with Gasteiger partial charge in [-0.1, -0.05) is 0 Å². The van der Waals surface area contributed by atoms with Gasteiger partial charge in [0.05, 0.1) is 31.2 Å². The number of hydrogen-bond acceptors (Lipinski definition) is 9. The molecule has 1 amide bonds. The van der Waals surface area contributed by atoms with Crippen LogP contribution in [0.3, 0.4) is 0 Å². The molecule has 25 heavy (non-hydrogen) atoms. The normalized spacial score (nSPS) is 14.6. The molecule has 0 radical (unpaired) electrons. The van der Waals surface area contributed by atoms with Crippen molar-refractivity contribution in [3.63, 3.8) is 0 Å². The predicted molar refractivity (Wildman–Crippen MR) is 92.3 cm³/mol. The standard InChI is InChI=1S/C15H17N5O4S/c21-12-3-1-11(2-4-12)9-16-17-13(22)10-24-15-14(18-25-19-15)20-5-7-23-8-6-20/h1-4,9,21H,5-8,10H2,(H,17,22)/b16-9+. The van der Waals surface area contributed by atoms with Crippen molar-refractivity contribution in [2.75, 3.05) is 37.8 Å². The Balaban J connectivity index is 1.48. The number of carbonyl (C=O) groups excluding carboxylic acids is 1. The molecule has 1 aromatic carbocycles. The molecule has 2 aromatic rings. The van der Waals surface area contributed by atoms with E-state index in [-0.39, 0.29) is 12.4 Å². The van der Waals surface area contributed by atoms with E-state index in [4.69, 9.17) is 9.47 Å². The lowest BCUT2D eigenvalue weighted by molar-refractivity contribution is -0.123. The van der Waals surface area contributed by atoms with E-state index in [1.54, 1.807) is 12.1 Å². The van der Waals surface area contributed by atoms with E-state index in [1.807, 2.05) is 4.90 Å². The van der Waals surface area contributed by atoms with Gasteiger partial charge < -0.3 is 19.5 Å². The number of carbonyl (C=O) groups is 1. The summed E-state index contributed by atoms with van der Waals surface area (Å²) in [4.78, 5) is 13.8. The van der Waals surface area contributed by atoms with Crippen molar-refractivity contribution in [2.45, 2.75) is 0 Å². The van der Waals surface area contributed by atoms with Crippen molar-refractivity contribution in [1.82, 2.24) is 14.2 Å². The van der Waals surface area contributed by atoms with Gasteiger partial charge in [0.15, 0.2) is 6.61 Å². The number of aromatic hydroxyl groups is 1. The van der Waals surface area contributed by atoms with E-state index in [0.717, 1.165) is 17.3 Å². The van der Waals surface area contributed by atoms with Crippen molar-refractivity contribution < 1.29 is 19.4 Å². The Labute approximate surface area is 148 Å². The number of amides is 1. The Morgan fingerprint density at radius 3 is 2.88 bits per heavy atom. The van der Waals surface area contributed by atoms with E-state index in [9.17, 15) is 9.90 Å². The monoisotopic (exact) mass is 363 g/mol. The van der Waals surface area contributed by atoms with E-state index < -0.39 is 5.91 Å². The highest BCUT2D eigenvalue weighted by Crippen LogP contribution is 2.26. The number of nitrogens with one attached hydrogen (secondary N) is 1. The van der Waals surface area contributed by atoms with E-state index >= 15 is 0 Å². The van der Waals surface area contributed by atoms with E-state index in [1.165, 1.54) is 18.3 Å². The maximum Gasteiger partial charge on any atom is 0.278 e. The summed E-state index contributed by atoms with van der Waals surface area (Å²) in [5.74, 6) is 0.733. The fourth-order valence-corrected chi connectivity index (χ4v) is 2.66. The highest BCUT2D eigenvalue weighted by Gasteiger charge is 2.20. The number of benzene rings is 1. The van der Waals surface area contributed by atoms with Gasteiger partial charge in [-0.05, 0) is 29.8 Å². The largest absolute Gasteiger partial charge is 0.508 e. The Bertz CT molecular complexity index is 728. The molecule has 1 aromatic heterocycles. The Kier molecular flexibility index (Phi) is 5.75. The van der Waals surface area contributed by atoms with Crippen LogP contribution in [0.5, 0.6) is 11.6 Å². The molecule has 1 fully saturated rings. The first-order valence-corrected chi connectivity index (χ1v) is 8.34. The minimum Gasteiger partial charge on any atom is -0.508 e. The molecule has 1 aliphatic heterocycles. The van der Waals surface area contributed by atoms with Crippen LogP contribution in [0, 0.1) is 0 Å². The first-order valence-electron chi connectivity index (χ1n) is 7.61. The third-order valence-electron chi connectivity index (χ3n) is 3.39. The van der Waals surface area contributed by atoms with Crippen LogP contribution >= 0.6 is 11.7 Å². The number of phenolic OH excluding ortho intramolecular Hbond substituents is 1. The molecule has 0 aliphatic carbocycles. The van der Waals surface area contributed by atoms with Crippen LogP contribution in [0.2, 0.25) is 0 Å². The Hall–Kier alpha value is -2.72. The van der Waals surface area contributed by atoms with Crippen LogP contribution < -0.4 is 15.1 Å². The zero-order chi connectivity index (χ0) is 17.5. The summed E-state index contributed by atoms with van der Waals surface area (Å²) < 4.78 is 19.1. The van der Waals surface area contributed by atoms with Crippen molar-refractivity contribution in [3.05, 3.63) is 29.8 Å². The first kappa shape index (κ1) is 17.1. The molecule has 0 unspecified atom stereocenters. The van der Waals surface area contributed by atoms with Gasteiger partial charge in [-0.2, -0.15) is 9.47 Å². The fourth-order valence-electron chi connectivity index (χ4n) is 2.14. The summed E-state index contributed by atoms with van der Waals surface area (Å²) in [5.41, 5.74) is 3.12. The van der Waals surface area contributed by atoms with Crippen LogP contribution in [0.15, 0.2) is 29.4 Å². The van der Waals surface area contributed by atoms with Gasteiger partial charge in [0.2, 0.25) is 5.82 Å². The topological polar surface area (TPSA) is 109 Å². The van der Waals surface area contributed by atoms with E-state index in [2.05, 4.69) is 19.3 Å². The third-order valence-corrected chi connectivity index (χ3v) is 3.89. The molecule has 0 bridgehead atoms. The zero-order valence-corrected chi connectivity index (χ0v) is 14.1. The molecule has 0 atom stereocenters. The molecule has 1 saturated heterocycles. The molecular formula is C15H17N5O4S. The lowest BCUT2D eigenvalue weighted by Crippen LogP contribution is -2.36. The minimum absolute atomic E-state index is 0.169. The smallest absolute Gasteiger partial charge is 0.278 e. The summed E-state index contributed by atoms with van der Waals surface area (Å²) in [6.07, 6.45) is 1.47. The van der Waals surface area contributed by atoms with Crippen molar-refractivity contribution in [2.24, 2.45) is 5.10 Å². The van der Waals surface area contributed by atoms with Gasteiger partial charge in [0.1, 0.15) is 5.75 Å². The van der Waals surface area contributed by atoms with Crippen LogP contribution in [0.1, 0.15) is 5.56 Å². The molecule has 3 rings (SSSR count). The molecular weight excluding hydrogens is 346 g/mol. The molecule has 1 aliphatic rings. The van der Waals surface area contributed by atoms with Gasteiger partial charge in [0.25, 0.3) is 11.8 Å². The zero-order valence-electron chi connectivity index (χ0n) is 13.3. The quantitative estimate of drug-likeness (QED) is 0.572. The SMILES string of the molecule is O=C(COc1nsnc1N1CCOCC1)N/N=C/c1ccc(O)cc1. The molecule has 0 spiro atoms. The molecule has 9 nitrogen and oxygen atoms in total. The molecule has 0 saturated carbocycles. The summed E-state index contributed by atoms with van der Waals surface area (Å²) in [5, 5.41) is 13.0. The lowest BCUT2D eigenvalue weighted by Gasteiger charge is -2.26. The maximum absolute atomic E-state index is 11.8. The van der Waals surface area contributed by atoms with Crippen LogP contribution in [0.25, 0.3) is 0 Å². The number of morpholine rings is 1. The molecule has 2 N–H and O–H groups in total. The number of nitrogens with zero attached hydrogens (tertiary/aromatic N) is 4. The van der Waals surface area contributed by atoms with Gasteiger partial charge >= 0.3 is 0 Å². The molecule has 10 heteroatoms. The van der Waals surface area contributed by atoms with Gasteiger partial charge in [-0.15, -0.1) is 4.37 Å². The highest BCUT2D eigenvalue weighted by molar-refractivity contribution is 6.99. The van der Waals surface area contributed by atoms with Crippen LogP contribution in [-0.2, 0) is 9.53 Å².